The van der Waals surface area contributed by atoms with Gasteiger partial charge in [0.15, 0.2) is 5.78 Å². The molecule has 0 aliphatic rings. The van der Waals surface area contributed by atoms with E-state index >= 15 is 0 Å². The molecule has 0 saturated heterocycles. The van der Waals surface area contributed by atoms with E-state index in [-0.39, 0.29) is 11.2 Å². The molecule has 1 aromatic rings. The summed E-state index contributed by atoms with van der Waals surface area (Å²) in [5, 5.41) is 4.36. The molecule has 0 aliphatic heterocycles. The monoisotopic (exact) mass is 208 g/mol. The van der Waals surface area contributed by atoms with Gasteiger partial charge in [-0.25, -0.2) is 0 Å². The third kappa shape index (κ3) is 2.46. The first-order valence-corrected chi connectivity index (χ1v) is 5.27. The summed E-state index contributed by atoms with van der Waals surface area (Å²) in [6.07, 6.45) is 0. The van der Waals surface area contributed by atoms with Gasteiger partial charge in [-0.3, -0.25) is 9.48 Å². The number of carbonyl (C=O) groups excluding carboxylic acids is 1. The quantitative estimate of drug-likeness (QED) is 0.748. The van der Waals surface area contributed by atoms with Crippen molar-refractivity contribution in [3.05, 3.63) is 17.0 Å². The standard InChI is InChI=1S/C12H20N2O/c1-8-9(2)13-14(10(8)3)7-11(15)12(4,5)6/h7H2,1-6H3. The molecule has 1 heterocycles. The summed E-state index contributed by atoms with van der Waals surface area (Å²) in [4.78, 5) is 11.8. The van der Waals surface area contributed by atoms with Gasteiger partial charge in [0.1, 0.15) is 6.54 Å². The molecule has 1 rings (SSSR count). The largest absolute Gasteiger partial charge is 0.297 e. The molecule has 0 radical (unpaired) electrons. The summed E-state index contributed by atoms with van der Waals surface area (Å²) in [7, 11) is 0. The SMILES string of the molecule is Cc1nn(CC(=O)C(C)(C)C)c(C)c1C. The zero-order valence-corrected chi connectivity index (χ0v) is 10.5. The van der Waals surface area contributed by atoms with E-state index in [1.54, 1.807) is 4.68 Å². The molecule has 0 fully saturated rings. The molecule has 1 aromatic heterocycles. The van der Waals surface area contributed by atoms with Crippen molar-refractivity contribution in [2.45, 2.75) is 48.1 Å². The lowest BCUT2D eigenvalue weighted by Gasteiger charge is -2.16. The molecular weight excluding hydrogens is 188 g/mol. The average Bonchev–Trinajstić information content (AvgIpc) is 2.32. The van der Waals surface area contributed by atoms with E-state index in [2.05, 4.69) is 5.10 Å². The summed E-state index contributed by atoms with van der Waals surface area (Å²) in [6.45, 7) is 12.2. The van der Waals surface area contributed by atoms with E-state index in [1.807, 2.05) is 41.5 Å². The minimum absolute atomic E-state index is 0.216. The molecular formula is C12H20N2O. The molecule has 15 heavy (non-hydrogen) atoms. The second-order valence-electron chi connectivity index (χ2n) is 5.13. The highest BCUT2D eigenvalue weighted by molar-refractivity contribution is 5.83. The van der Waals surface area contributed by atoms with Crippen molar-refractivity contribution in [3.8, 4) is 0 Å². The summed E-state index contributed by atoms with van der Waals surface area (Å²) in [6, 6.07) is 0. The highest BCUT2D eigenvalue weighted by Crippen LogP contribution is 2.17. The number of hydrogen-bond donors (Lipinski definition) is 0. The molecule has 0 saturated carbocycles. The molecule has 84 valence electrons. The fourth-order valence-corrected chi connectivity index (χ4v) is 1.31. The highest BCUT2D eigenvalue weighted by atomic mass is 16.1. The second kappa shape index (κ2) is 3.80. The van der Waals surface area contributed by atoms with Gasteiger partial charge in [0.05, 0.1) is 5.69 Å². The van der Waals surface area contributed by atoms with Crippen LogP contribution in [0, 0.1) is 26.2 Å². The van der Waals surface area contributed by atoms with Crippen molar-refractivity contribution >= 4 is 5.78 Å². The molecule has 0 N–H and O–H groups in total. The van der Waals surface area contributed by atoms with E-state index in [4.69, 9.17) is 0 Å². The molecule has 0 spiro atoms. The Hall–Kier alpha value is -1.12. The van der Waals surface area contributed by atoms with Crippen molar-refractivity contribution in [2.75, 3.05) is 0 Å². The second-order valence-corrected chi connectivity index (χ2v) is 5.13. The molecule has 0 amide bonds. The van der Waals surface area contributed by atoms with Gasteiger partial charge in [-0.15, -0.1) is 0 Å². The molecule has 3 heteroatoms. The van der Waals surface area contributed by atoms with E-state index in [1.165, 1.54) is 5.56 Å². The Morgan fingerprint density at radius 3 is 2.13 bits per heavy atom. The van der Waals surface area contributed by atoms with Gasteiger partial charge in [-0.1, -0.05) is 20.8 Å². The number of nitrogens with zero attached hydrogens (tertiary/aromatic N) is 2. The van der Waals surface area contributed by atoms with Gasteiger partial charge in [0, 0.05) is 11.1 Å². The van der Waals surface area contributed by atoms with Crippen molar-refractivity contribution in [1.29, 1.82) is 0 Å². The Morgan fingerprint density at radius 2 is 1.80 bits per heavy atom. The molecule has 0 atom stereocenters. The van der Waals surface area contributed by atoms with Crippen LogP contribution >= 0.6 is 0 Å². The lowest BCUT2D eigenvalue weighted by molar-refractivity contribution is -0.127. The molecule has 0 bridgehead atoms. The van der Waals surface area contributed by atoms with E-state index in [9.17, 15) is 4.79 Å². The van der Waals surface area contributed by atoms with Crippen molar-refractivity contribution in [2.24, 2.45) is 5.41 Å². The van der Waals surface area contributed by atoms with Gasteiger partial charge >= 0.3 is 0 Å². The van der Waals surface area contributed by atoms with Crippen LogP contribution < -0.4 is 0 Å². The summed E-state index contributed by atoms with van der Waals surface area (Å²) >= 11 is 0. The maximum Gasteiger partial charge on any atom is 0.159 e. The Bertz CT molecular complexity index is 383. The number of carbonyl (C=O) groups is 1. The van der Waals surface area contributed by atoms with Crippen LogP contribution in [0.5, 0.6) is 0 Å². The van der Waals surface area contributed by atoms with Crippen molar-refractivity contribution in [1.82, 2.24) is 9.78 Å². The lowest BCUT2D eigenvalue weighted by atomic mass is 9.91. The average molecular weight is 208 g/mol. The fraction of sp³-hybridized carbons (Fsp3) is 0.667. The van der Waals surface area contributed by atoms with Crippen LogP contribution in [-0.4, -0.2) is 15.6 Å². The Kier molecular flexibility index (Phi) is 3.03. The van der Waals surface area contributed by atoms with Crippen LogP contribution in [-0.2, 0) is 11.3 Å². The smallest absolute Gasteiger partial charge is 0.159 e. The third-order valence-corrected chi connectivity index (χ3v) is 2.87. The zero-order valence-electron chi connectivity index (χ0n) is 10.5. The first-order chi connectivity index (χ1) is 6.73. The highest BCUT2D eigenvalue weighted by Gasteiger charge is 2.22. The minimum atomic E-state index is -0.291. The van der Waals surface area contributed by atoms with Crippen LogP contribution in [0.3, 0.4) is 0 Å². The predicted octanol–water partition coefficient (Wildman–Crippen LogP) is 2.42. The van der Waals surface area contributed by atoms with Gasteiger partial charge in [-0.05, 0) is 26.3 Å². The molecule has 0 unspecified atom stereocenters. The molecule has 0 aromatic carbocycles. The Balaban J connectivity index is 2.91. The Morgan fingerprint density at radius 1 is 1.27 bits per heavy atom. The number of aromatic nitrogens is 2. The van der Waals surface area contributed by atoms with Gasteiger partial charge < -0.3 is 0 Å². The molecule has 0 aliphatic carbocycles. The van der Waals surface area contributed by atoms with E-state index in [0.29, 0.717) is 6.54 Å². The zero-order chi connectivity index (χ0) is 11.8. The van der Waals surface area contributed by atoms with Gasteiger partial charge in [-0.2, -0.15) is 5.10 Å². The predicted molar refractivity (Wildman–Crippen MR) is 60.9 cm³/mol. The number of ketones is 1. The van der Waals surface area contributed by atoms with E-state index in [0.717, 1.165) is 11.4 Å². The summed E-state index contributed by atoms with van der Waals surface area (Å²) in [5.41, 5.74) is 2.98. The summed E-state index contributed by atoms with van der Waals surface area (Å²) in [5.74, 6) is 0.216. The summed E-state index contributed by atoms with van der Waals surface area (Å²) < 4.78 is 1.80. The first kappa shape index (κ1) is 12.0. The fourth-order valence-electron chi connectivity index (χ4n) is 1.31. The van der Waals surface area contributed by atoms with Gasteiger partial charge in [0.25, 0.3) is 0 Å². The van der Waals surface area contributed by atoms with Gasteiger partial charge in [0.2, 0.25) is 0 Å². The number of rotatable bonds is 2. The maximum absolute atomic E-state index is 11.8. The van der Waals surface area contributed by atoms with Crippen LogP contribution in [0.15, 0.2) is 0 Å². The normalized spacial score (nSPS) is 11.9. The third-order valence-electron chi connectivity index (χ3n) is 2.87. The topological polar surface area (TPSA) is 34.9 Å². The van der Waals surface area contributed by atoms with Crippen LogP contribution in [0.2, 0.25) is 0 Å². The van der Waals surface area contributed by atoms with Crippen molar-refractivity contribution < 1.29 is 4.79 Å². The van der Waals surface area contributed by atoms with Crippen LogP contribution in [0.25, 0.3) is 0 Å². The lowest BCUT2D eigenvalue weighted by Crippen LogP contribution is -2.26. The minimum Gasteiger partial charge on any atom is -0.297 e. The van der Waals surface area contributed by atoms with Crippen molar-refractivity contribution in [3.63, 3.8) is 0 Å². The number of Topliss-reactive ketones (excluding diaryl/α,β-unsaturated/α-hetero) is 1. The van der Waals surface area contributed by atoms with E-state index < -0.39 is 0 Å². The Labute approximate surface area is 91.5 Å². The first-order valence-electron chi connectivity index (χ1n) is 5.27. The number of hydrogen-bond acceptors (Lipinski definition) is 2. The van der Waals surface area contributed by atoms with Crippen LogP contribution in [0.4, 0.5) is 0 Å². The maximum atomic E-state index is 11.8. The van der Waals surface area contributed by atoms with Crippen LogP contribution in [0.1, 0.15) is 37.7 Å². The number of aryl methyl sites for hydroxylation is 1. The molecule has 3 nitrogen and oxygen atoms in total.